The second-order valence-corrected chi connectivity index (χ2v) is 3.58. The number of anilines is 1. The summed E-state index contributed by atoms with van der Waals surface area (Å²) >= 11 is 5.96. The van der Waals surface area contributed by atoms with Gasteiger partial charge < -0.3 is 5.32 Å². The summed E-state index contributed by atoms with van der Waals surface area (Å²) in [7, 11) is 0. The third-order valence-corrected chi connectivity index (χ3v) is 2.64. The van der Waals surface area contributed by atoms with Crippen molar-refractivity contribution in [1.29, 1.82) is 0 Å². The minimum Gasteiger partial charge on any atom is -0.364 e. The van der Waals surface area contributed by atoms with Gasteiger partial charge in [-0.05, 0) is 6.07 Å². The maximum atomic E-state index is 5.96. The fourth-order valence-electron chi connectivity index (χ4n) is 1.64. The Morgan fingerprint density at radius 2 is 2.07 bits per heavy atom. The van der Waals surface area contributed by atoms with Crippen LogP contribution in [0.15, 0.2) is 29.3 Å². The number of rotatable bonds is 0. The Morgan fingerprint density at radius 3 is 3.00 bits per heavy atom. The first-order valence-electron chi connectivity index (χ1n) is 4.56. The molecule has 2 heterocycles. The van der Waals surface area contributed by atoms with Crippen LogP contribution in [0.1, 0.15) is 5.69 Å². The van der Waals surface area contributed by atoms with E-state index in [0.29, 0.717) is 17.5 Å². The number of nitrogens with one attached hydrogen (secondary N) is 1. The van der Waals surface area contributed by atoms with Crippen LogP contribution < -0.4 is 5.32 Å². The Hall–Kier alpha value is -1.68. The van der Waals surface area contributed by atoms with Crippen LogP contribution in [0.3, 0.4) is 0 Å². The Labute approximate surface area is 91.0 Å². The van der Waals surface area contributed by atoms with Crippen molar-refractivity contribution in [2.45, 2.75) is 0 Å². The molecule has 2 aromatic rings. The summed E-state index contributed by atoms with van der Waals surface area (Å²) < 4.78 is 0. The molecule has 4 nitrogen and oxygen atoms in total. The van der Waals surface area contributed by atoms with E-state index < -0.39 is 0 Å². The first-order chi connectivity index (χ1) is 7.36. The molecule has 3 rings (SSSR count). The fraction of sp³-hybridized carbons (Fsp3) is 0.100. The smallest absolute Gasteiger partial charge is 0.155 e. The first kappa shape index (κ1) is 8.61. The molecule has 15 heavy (non-hydrogen) atoms. The highest BCUT2D eigenvalue weighted by Gasteiger charge is 2.16. The lowest BCUT2D eigenvalue weighted by molar-refractivity contribution is 1.03. The number of fused-ring (bicyclic) bond motifs is 3. The molecule has 0 saturated carbocycles. The summed E-state index contributed by atoms with van der Waals surface area (Å²) in [6.45, 7) is 0.488. The normalized spacial score (nSPS) is 14.3. The Bertz CT molecular complexity index is 564. The van der Waals surface area contributed by atoms with Gasteiger partial charge in [0.2, 0.25) is 0 Å². The van der Waals surface area contributed by atoms with Gasteiger partial charge >= 0.3 is 0 Å². The summed E-state index contributed by atoms with van der Waals surface area (Å²) in [5.74, 6) is 0. The van der Waals surface area contributed by atoms with Gasteiger partial charge in [0.15, 0.2) is 5.17 Å². The number of hydrogen-bond acceptors (Lipinski definition) is 4. The number of benzene rings is 1. The van der Waals surface area contributed by atoms with Crippen LogP contribution in [0.25, 0.3) is 10.9 Å². The van der Waals surface area contributed by atoms with Crippen molar-refractivity contribution in [3.63, 3.8) is 0 Å². The minimum absolute atomic E-state index is 0.419. The number of hydrogen-bond donors (Lipinski definition) is 1. The third kappa shape index (κ3) is 1.26. The molecule has 1 N–H and O–H groups in total. The standard InChI is InChI=1S/C10H7ClN4/c11-10-9-8(12-5-13-10)6-3-1-2-4-7(6)14-15-9/h1-4,12H,5H2. The van der Waals surface area contributed by atoms with E-state index in [0.717, 1.165) is 16.6 Å². The molecule has 0 bridgehead atoms. The van der Waals surface area contributed by atoms with Crippen molar-refractivity contribution < 1.29 is 0 Å². The van der Waals surface area contributed by atoms with Crippen LogP contribution >= 0.6 is 11.6 Å². The summed E-state index contributed by atoms with van der Waals surface area (Å²) in [6, 6.07) is 7.81. The van der Waals surface area contributed by atoms with Crippen LogP contribution in [-0.2, 0) is 0 Å². The van der Waals surface area contributed by atoms with Crippen molar-refractivity contribution in [2.24, 2.45) is 4.99 Å². The average Bonchev–Trinajstić information content (AvgIpc) is 2.29. The van der Waals surface area contributed by atoms with E-state index in [2.05, 4.69) is 20.5 Å². The van der Waals surface area contributed by atoms with Crippen molar-refractivity contribution in [2.75, 3.05) is 12.0 Å². The molecular weight excluding hydrogens is 212 g/mol. The number of nitrogens with zero attached hydrogens (tertiary/aromatic N) is 3. The van der Waals surface area contributed by atoms with Crippen LogP contribution in [0.5, 0.6) is 0 Å². The van der Waals surface area contributed by atoms with Gasteiger partial charge in [-0.2, -0.15) is 0 Å². The van der Waals surface area contributed by atoms with E-state index in [1.807, 2.05) is 24.3 Å². The van der Waals surface area contributed by atoms with E-state index in [1.54, 1.807) is 0 Å². The lowest BCUT2D eigenvalue weighted by Crippen LogP contribution is -2.14. The molecule has 74 valence electrons. The van der Waals surface area contributed by atoms with Gasteiger partial charge in [0.05, 0.1) is 11.2 Å². The molecule has 1 aliphatic rings. The summed E-state index contributed by atoms with van der Waals surface area (Å²) in [4.78, 5) is 4.05. The lowest BCUT2D eigenvalue weighted by atomic mass is 10.1. The molecule has 1 aromatic heterocycles. The van der Waals surface area contributed by atoms with Gasteiger partial charge in [-0.3, -0.25) is 0 Å². The maximum Gasteiger partial charge on any atom is 0.155 e. The van der Waals surface area contributed by atoms with E-state index in [-0.39, 0.29) is 0 Å². The Balaban J connectivity index is 2.39. The van der Waals surface area contributed by atoms with Gasteiger partial charge in [-0.1, -0.05) is 29.8 Å². The van der Waals surface area contributed by atoms with E-state index in [4.69, 9.17) is 11.6 Å². The third-order valence-electron chi connectivity index (χ3n) is 2.34. The monoisotopic (exact) mass is 218 g/mol. The van der Waals surface area contributed by atoms with Crippen molar-refractivity contribution in [1.82, 2.24) is 10.2 Å². The highest BCUT2D eigenvalue weighted by molar-refractivity contribution is 6.70. The van der Waals surface area contributed by atoms with Gasteiger partial charge in [0.1, 0.15) is 12.4 Å². The van der Waals surface area contributed by atoms with Crippen LogP contribution in [0.4, 0.5) is 5.69 Å². The van der Waals surface area contributed by atoms with Crippen molar-refractivity contribution in [3.05, 3.63) is 30.0 Å². The first-order valence-corrected chi connectivity index (χ1v) is 4.93. The van der Waals surface area contributed by atoms with E-state index in [9.17, 15) is 0 Å². The zero-order valence-electron chi connectivity index (χ0n) is 7.74. The molecule has 0 aliphatic carbocycles. The molecule has 0 atom stereocenters. The fourth-order valence-corrected chi connectivity index (χ4v) is 1.83. The summed E-state index contributed by atoms with van der Waals surface area (Å²) in [6.07, 6.45) is 0. The predicted octanol–water partition coefficient (Wildman–Crippen LogP) is 2.00. The van der Waals surface area contributed by atoms with Gasteiger partial charge in [-0.25, -0.2) is 4.99 Å². The predicted molar refractivity (Wildman–Crippen MR) is 60.4 cm³/mol. The Morgan fingerprint density at radius 1 is 1.20 bits per heavy atom. The minimum atomic E-state index is 0.419. The molecule has 1 aliphatic heterocycles. The molecule has 0 radical (unpaired) electrons. The zero-order valence-corrected chi connectivity index (χ0v) is 8.49. The Kier molecular flexibility index (Phi) is 1.82. The van der Waals surface area contributed by atoms with E-state index >= 15 is 0 Å². The number of aliphatic imine (C=N–C) groups is 1. The zero-order chi connectivity index (χ0) is 10.3. The van der Waals surface area contributed by atoms with Crippen molar-refractivity contribution in [3.8, 4) is 0 Å². The van der Waals surface area contributed by atoms with Crippen LogP contribution in [-0.4, -0.2) is 22.0 Å². The molecule has 0 fully saturated rings. The lowest BCUT2D eigenvalue weighted by Gasteiger charge is -2.15. The average molecular weight is 219 g/mol. The maximum absolute atomic E-state index is 5.96. The molecule has 5 heteroatoms. The molecule has 0 amide bonds. The molecule has 0 unspecified atom stereocenters. The summed E-state index contributed by atoms with van der Waals surface area (Å²) in [5.41, 5.74) is 2.40. The van der Waals surface area contributed by atoms with Crippen LogP contribution in [0.2, 0.25) is 0 Å². The van der Waals surface area contributed by atoms with Gasteiger partial charge in [-0.15, -0.1) is 10.2 Å². The number of halogens is 1. The topological polar surface area (TPSA) is 50.2 Å². The quantitative estimate of drug-likeness (QED) is 0.736. The second kappa shape index (κ2) is 3.17. The highest BCUT2D eigenvalue weighted by Crippen LogP contribution is 2.27. The molecule has 0 saturated heterocycles. The second-order valence-electron chi connectivity index (χ2n) is 3.22. The van der Waals surface area contributed by atoms with Crippen molar-refractivity contribution >= 4 is 33.4 Å². The van der Waals surface area contributed by atoms with Crippen LogP contribution in [0, 0.1) is 0 Å². The molecular formula is C10H7ClN4. The SMILES string of the molecule is ClC1=NCNc2c1nnc1ccccc21. The number of aromatic nitrogens is 2. The van der Waals surface area contributed by atoms with Gasteiger partial charge in [0.25, 0.3) is 0 Å². The van der Waals surface area contributed by atoms with E-state index in [1.165, 1.54) is 0 Å². The largest absolute Gasteiger partial charge is 0.364 e. The molecule has 1 aromatic carbocycles. The molecule has 0 spiro atoms. The summed E-state index contributed by atoms with van der Waals surface area (Å²) in [5, 5.41) is 12.7. The van der Waals surface area contributed by atoms with Gasteiger partial charge in [0, 0.05) is 5.39 Å². The highest BCUT2D eigenvalue weighted by atomic mass is 35.5.